The van der Waals surface area contributed by atoms with E-state index in [-0.39, 0.29) is 23.2 Å². The molecule has 0 unspecified atom stereocenters. The van der Waals surface area contributed by atoms with Crippen molar-refractivity contribution in [1.82, 2.24) is 0 Å². The van der Waals surface area contributed by atoms with Gasteiger partial charge in [0.25, 0.3) is 5.69 Å². The van der Waals surface area contributed by atoms with Crippen LogP contribution in [0.5, 0.6) is 0 Å². The van der Waals surface area contributed by atoms with Crippen LogP contribution in [0.25, 0.3) is 6.08 Å². The molecule has 2 aliphatic heterocycles. The number of amides is 1. The predicted octanol–water partition coefficient (Wildman–Crippen LogP) is 3.37. The number of hydrogen-bond donors (Lipinski definition) is 0. The molecule has 2 heterocycles. The van der Waals surface area contributed by atoms with Gasteiger partial charge in [0.1, 0.15) is 0 Å². The van der Waals surface area contributed by atoms with E-state index in [4.69, 9.17) is 4.74 Å². The number of ether oxygens (including phenoxy) is 1. The minimum Gasteiger partial charge on any atom is -0.402 e. The summed E-state index contributed by atoms with van der Waals surface area (Å²) in [5, 5.41) is 11.1. The highest BCUT2D eigenvalue weighted by atomic mass is 16.6. The Labute approximate surface area is 166 Å². The molecular weight excluding hydrogens is 374 g/mol. The van der Waals surface area contributed by atoms with Gasteiger partial charge >= 0.3 is 5.97 Å². The predicted molar refractivity (Wildman–Crippen MR) is 106 cm³/mol. The van der Waals surface area contributed by atoms with Crippen molar-refractivity contribution in [1.29, 1.82) is 0 Å². The van der Waals surface area contributed by atoms with Crippen molar-refractivity contribution in [3.63, 3.8) is 0 Å². The van der Waals surface area contributed by atoms with E-state index in [2.05, 4.69) is 4.99 Å². The summed E-state index contributed by atoms with van der Waals surface area (Å²) in [4.78, 5) is 40.6. The van der Waals surface area contributed by atoms with Crippen molar-refractivity contribution < 1.29 is 19.2 Å². The summed E-state index contributed by atoms with van der Waals surface area (Å²) in [5.41, 5.74) is 2.46. The van der Waals surface area contributed by atoms with Gasteiger partial charge in [-0.1, -0.05) is 12.1 Å². The van der Waals surface area contributed by atoms with E-state index in [0.717, 1.165) is 12.1 Å². The van der Waals surface area contributed by atoms with Crippen LogP contribution in [0, 0.1) is 17.0 Å². The first kappa shape index (κ1) is 18.5. The zero-order valence-corrected chi connectivity index (χ0v) is 15.6. The number of benzene rings is 2. The maximum atomic E-state index is 12.2. The number of nitrogens with zero attached hydrogens (tertiary/aromatic N) is 3. The van der Waals surface area contributed by atoms with Gasteiger partial charge in [-0.15, -0.1) is 0 Å². The van der Waals surface area contributed by atoms with Crippen LogP contribution < -0.4 is 4.90 Å². The lowest BCUT2D eigenvalue weighted by molar-refractivity contribution is -0.385. The number of carbonyl (C=O) groups excluding carboxylic acids is 2. The van der Waals surface area contributed by atoms with E-state index >= 15 is 0 Å². The largest absolute Gasteiger partial charge is 0.402 e. The van der Waals surface area contributed by atoms with E-state index in [0.29, 0.717) is 29.7 Å². The summed E-state index contributed by atoms with van der Waals surface area (Å²) in [6.45, 7) is 2.35. The lowest BCUT2D eigenvalue weighted by Crippen LogP contribution is -2.23. The molecule has 0 atom stereocenters. The molecule has 1 saturated heterocycles. The summed E-state index contributed by atoms with van der Waals surface area (Å²) in [6, 6.07) is 11.8. The van der Waals surface area contributed by atoms with Gasteiger partial charge in [0, 0.05) is 35.8 Å². The Hall–Kier alpha value is -3.81. The van der Waals surface area contributed by atoms with Gasteiger partial charge in [-0.05, 0) is 49.2 Å². The van der Waals surface area contributed by atoms with Gasteiger partial charge in [0.2, 0.25) is 11.8 Å². The molecule has 0 N–H and O–H groups in total. The lowest BCUT2D eigenvalue weighted by atomic mass is 10.1. The van der Waals surface area contributed by atoms with Crippen molar-refractivity contribution in [2.45, 2.75) is 19.8 Å². The zero-order chi connectivity index (χ0) is 20.5. The Morgan fingerprint density at radius 2 is 1.93 bits per heavy atom. The SMILES string of the molecule is Cc1ccc(C=C2N=C(c3ccc(N4CCCC4=O)cc3)OC2=O)cc1[N+](=O)[O-]. The number of aryl methyl sites for hydroxylation is 1. The minimum atomic E-state index is -0.623. The first-order valence-electron chi connectivity index (χ1n) is 9.11. The van der Waals surface area contributed by atoms with Gasteiger partial charge < -0.3 is 9.64 Å². The molecule has 0 bridgehead atoms. The number of aliphatic imine (C=N–C) groups is 1. The first-order chi connectivity index (χ1) is 13.9. The number of hydrogen-bond acceptors (Lipinski definition) is 6. The molecule has 0 radical (unpaired) electrons. The van der Waals surface area contributed by atoms with Crippen LogP contribution in [0.1, 0.15) is 29.5 Å². The third-order valence-electron chi connectivity index (χ3n) is 4.85. The van der Waals surface area contributed by atoms with Crippen LogP contribution in [0.2, 0.25) is 0 Å². The molecule has 8 heteroatoms. The molecule has 1 fully saturated rings. The van der Waals surface area contributed by atoms with Crippen molar-refractivity contribution in [2.75, 3.05) is 11.4 Å². The molecule has 2 aromatic rings. The van der Waals surface area contributed by atoms with E-state index in [1.54, 1.807) is 48.2 Å². The standard InChI is InChI=1S/C21H17N3O5/c1-13-4-5-14(12-18(13)24(27)28)11-17-21(26)29-20(22-17)15-6-8-16(9-7-15)23-10-2-3-19(23)25/h4-9,11-12H,2-3,10H2,1H3. The highest BCUT2D eigenvalue weighted by Gasteiger charge is 2.26. The number of cyclic esters (lactones) is 1. The highest BCUT2D eigenvalue weighted by molar-refractivity contribution is 6.13. The Morgan fingerprint density at radius 1 is 1.17 bits per heavy atom. The Morgan fingerprint density at radius 3 is 2.59 bits per heavy atom. The summed E-state index contributed by atoms with van der Waals surface area (Å²) in [5.74, 6) is -0.371. The minimum absolute atomic E-state index is 0.0260. The summed E-state index contributed by atoms with van der Waals surface area (Å²) < 4.78 is 5.25. The number of carbonyl (C=O) groups is 2. The maximum absolute atomic E-state index is 12.2. The lowest BCUT2D eigenvalue weighted by Gasteiger charge is -2.15. The van der Waals surface area contributed by atoms with Crippen LogP contribution in [-0.2, 0) is 14.3 Å². The normalized spacial score (nSPS) is 17.6. The van der Waals surface area contributed by atoms with E-state index in [1.165, 1.54) is 12.1 Å². The zero-order valence-electron chi connectivity index (χ0n) is 15.6. The van der Waals surface area contributed by atoms with Crippen molar-refractivity contribution in [3.8, 4) is 0 Å². The highest BCUT2D eigenvalue weighted by Crippen LogP contribution is 2.25. The summed E-state index contributed by atoms with van der Waals surface area (Å²) in [6.07, 6.45) is 2.85. The van der Waals surface area contributed by atoms with Crippen molar-refractivity contribution >= 4 is 35.2 Å². The molecule has 8 nitrogen and oxygen atoms in total. The third kappa shape index (κ3) is 3.64. The van der Waals surface area contributed by atoms with E-state index < -0.39 is 10.9 Å². The molecule has 0 aliphatic carbocycles. The van der Waals surface area contributed by atoms with Crippen LogP contribution in [0.3, 0.4) is 0 Å². The molecule has 1 amide bonds. The quantitative estimate of drug-likeness (QED) is 0.344. The number of rotatable bonds is 4. The smallest absolute Gasteiger partial charge is 0.363 e. The molecular formula is C21H17N3O5. The Kier molecular flexibility index (Phi) is 4.67. The summed E-state index contributed by atoms with van der Waals surface area (Å²) >= 11 is 0. The fourth-order valence-corrected chi connectivity index (χ4v) is 3.31. The molecule has 0 spiro atoms. The average molecular weight is 391 g/mol. The van der Waals surface area contributed by atoms with Gasteiger partial charge in [0.05, 0.1) is 4.92 Å². The molecule has 4 rings (SSSR count). The number of nitro groups is 1. The van der Waals surface area contributed by atoms with Gasteiger partial charge in [0.15, 0.2) is 5.70 Å². The first-order valence-corrected chi connectivity index (χ1v) is 9.11. The Balaban J connectivity index is 1.59. The second kappa shape index (κ2) is 7.31. The topological polar surface area (TPSA) is 102 Å². The van der Waals surface area contributed by atoms with Crippen molar-refractivity contribution in [2.24, 2.45) is 4.99 Å². The molecule has 29 heavy (non-hydrogen) atoms. The molecule has 0 aromatic heterocycles. The second-order valence-electron chi connectivity index (χ2n) is 6.83. The number of nitro benzene ring substituents is 1. The van der Waals surface area contributed by atoms with Gasteiger partial charge in [-0.25, -0.2) is 9.79 Å². The fraction of sp³-hybridized carbons (Fsp3) is 0.190. The number of esters is 1. The van der Waals surface area contributed by atoms with Crippen LogP contribution in [0.4, 0.5) is 11.4 Å². The van der Waals surface area contributed by atoms with Crippen LogP contribution in [0.15, 0.2) is 53.2 Å². The molecule has 146 valence electrons. The molecule has 0 saturated carbocycles. The van der Waals surface area contributed by atoms with Crippen molar-refractivity contribution in [3.05, 3.63) is 75.0 Å². The van der Waals surface area contributed by atoms with Gasteiger partial charge in [-0.3, -0.25) is 14.9 Å². The third-order valence-corrected chi connectivity index (χ3v) is 4.85. The van der Waals surface area contributed by atoms with Crippen LogP contribution in [-0.4, -0.2) is 29.2 Å². The maximum Gasteiger partial charge on any atom is 0.363 e. The molecule has 2 aliphatic rings. The fourth-order valence-electron chi connectivity index (χ4n) is 3.31. The van der Waals surface area contributed by atoms with E-state index in [9.17, 15) is 19.7 Å². The van der Waals surface area contributed by atoms with Crippen LogP contribution >= 0.6 is 0 Å². The Bertz CT molecular complexity index is 1090. The average Bonchev–Trinajstić information content (AvgIpc) is 3.29. The second-order valence-corrected chi connectivity index (χ2v) is 6.83. The number of anilines is 1. The van der Waals surface area contributed by atoms with Gasteiger partial charge in [-0.2, -0.15) is 0 Å². The summed E-state index contributed by atoms with van der Waals surface area (Å²) in [7, 11) is 0. The van der Waals surface area contributed by atoms with E-state index in [1.807, 2.05) is 0 Å². The molecule has 2 aromatic carbocycles. The monoisotopic (exact) mass is 391 g/mol.